The molecule has 0 saturated carbocycles. The average molecular weight is 390 g/mol. The number of hydrogen-bond acceptors (Lipinski definition) is 4. The largest absolute Gasteiger partial charge is 0.481 e. The molecule has 1 aliphatic rings. The molecular formula is C17H18F4N2O4. The minimum absolute atomic E-state index is 0.0955. The Balaban J connectivity index is 0.000000596. The van der Waals surface area contributed by atoms with E-state index in [9.17, 15) is 22.4 Å². The third-order valence-corrected chi connectivity index (χ3v) is 4.05. The van der Waals surface area contributed by atoms with Gasteiger partial charge in [0.1, 0.15) is 11.6 Å². The molecule has 1 aliphatic heterocycles. The second-order valence-electron chi connectivity index (χ2n) is 6.10. The van der Waals surface area contributed by atoms with Gasteiger partial charge in [-0.1, -0.05) is 6.07 Å². The first-order valence-corrected chi connectivity index (χ1v) is 8.06. The zero-order chi connectivity index (χ0) is 20.2. The van der Waals surface area contributed by atoms with Crippen molar-refractivity contribution in [1.82, 2.24) is 10.5 Å². The number of aromatic nitrogens is 1. The lowest BCUT2D eigenvalue weighted by Crippen LogP contribution is -2.31. The Kier molecular flexibility index (Phi) is 6.42. The van der Waals surface area contributed by atoms with Gasteiger partial charge < -0.3 is 14.9 Å². The van der Waals surface area contributed by atoms with Crippen LogP contribution < -0.4 is 10.9 Å². The van der Waals surface area contributed by atoms with Crippen LogP contribution in [0.4, 0.5) is 17.6 Å². The first kappa shape index (κ1) is 20.7. The van der Waals surface area contributed by atoms with Crippen LogP contribution in [0.1, 0.15) is 48.6 Å². The van der Waals surface area contributed by atoms with Crippen molar-refractivity contribution in [2.45, 2.75) is 37.9 Å². The van der Waals surface area contributed by atoms with Crippen molar-refractivity contribution < 1.29 is 32.0 Å². The molecule has 1 aromatic carbocycles. The van der Waals surface area contributed by atoms with Crippen LogP contribution in [0, 0.1) is 5.82 Å². The lowest BCUT2D eigenvalue weighted by Gasteiger charge is -2.29. The quantitative estimate of drug-likeness (QED) is 0.683. The maximum Gasteiger partial charge on any atom is 0.416 e. The summed E-state index contributed by atoms with van der Waals surface area (Å²) in [5, 5.41) is 12.7. The molecule has 1 fully saturated rings. The maximum absolute atomic E-state index is 14.1. The average Bonchev–Trinajstić information content (AvgIpc) is 3.00. The zero-order valence-corrected chi connectivity index (χ0v) is 14.3. The number of carboxylic acids is 1. The molecule has 0 aliphatic carbocycles. The molecule has 3 rings (SSSR count). The number of hydrogen-bond donors (Lipinski definition) is 3. The number of benzene rings is 1. The number of carbonyl (C=O) groups is 1. The molecule has 2 aromatic rings. The Hall–Kier alpha value is -2.62. The summed E-state index contributed by atoms with van der Waals surface area (Å²) in [6.07, 6.45) is -3.45. The smallest absolute Gasteiger partial charge is 0.416 e. The number of carboxylic acid groups (broad SMARTS) is 1. The summed E-state index contributed by atoms with van der Waals surface area (Å²) in [5.74, 6) is -1.34. The SMILES string of the molecule is CC(=O)O.O=c1cc([C@@H]2CCN[C@@H](c3ccc(C(F)(F)F)cc3F)C2)o[nH]1. The molecule has 6 nitrogen and oxygen atoms in total. The molecule has 0 radical (unpaired) electrons. The van der Waals surface area contributed by atoms with Crippen LogP contribution in [-0.4, -0.2) is 22.8 Å². The number of alkyl halides is 3. The van der Waals surface area contributed by atoms with Crippen molar-refractivity contribution in [3.63, 3.8) is 0 Å². The van der Waals surface area contributed by atoms with Gasteiger partial charge in [-0.2, -0.15) is 18.3 Å². The molecule has 1 saturated heterocycles. The van der Waals surface area contributed by atoms with E-state index in [1.807, 2.05) is 0 Å². The second-order valence-corrected chi connectivity index (χ2v) is 6.10. The Morgan fingerprint density at radius 1 is 1.30 bits per heavy atom. The summed E-state index contributed by atoms with van der Waals surface area (Å²) in [6.45, 7) is 1.63. The van der Waals surface area contributed by atoms with Gasteiger partial charge in [-0.15, -0.1) is 0 Å². The monoisotopic (exact) mass is 390 g/mol. The third-order valence-electron chi connectivity index (χ3n) is 4.05. The van der Waals surface area contributed by atoms with Gasteiger partial charge in [-0.3, -0.25) is 9.59 Å². The Bertz CT molecular complexity index is 840. The lowest BCUT2D eigenvalue weighted by atomic mass is 9.87. The molecule has 0 bridgehead atoms. The first-order valence-electron chi connectivity index (χ1n) is 8.06. The second kappa shape index (κ2) is 8.38. The van der Waals surface area contributed by atoms with E-state index in [0.29, 0.717) is 31.2 Å². The van der Waals surface area contributed by atoms with Crippen LogP contribution in [0.15, 0.2) is 33.6 Å². The summed E-state index contributed by atoms with van der Waals surface area (Å²) in [7, 11) is 0. The minimum Gasteiger partial charge on any atom is -0.481 e. The Labute approximate surface area is 151 Å². The highest BCUT2D eigenvalue weighted by Crippen LogP contribution is 2.36. The molecule has 0 amide bonds. The van der Waals surface area contributed by atoms with Crippen molar-refractivity contribution in [2.24, 2.45) is 0 Å². The van der Waals surface area contributed by atoms with Gasteiger partial charge in [0.15, 0.2) is 0 Å². The molecule has 2 atom stereocenters. The van der Waals surface area contributed by atoms with E-state index in [4.69, 9.17) is 14.4 Å². The number of aromatic amines is 1. The molecule has 148 valence electrons. The summed E-state index contributed by atoms with van der Waals surface area (Å²) >= 11 is 0. The molecule has 0 spiro atoms. The predicted octanol–water partition coefficient (Wildman–Crippen LogP) is 3.43. The summed E-state index contributed by atoms with van der Waals surface area (Å²) in [6, 6.07) is 3.45. The number of aliphatic carboxylic acids is 1. The van der Waals surface area contributed by atoms with Crippen molar-refractivity contribution in [2.75, 3.05) is 6.54 Å². The number of H-pyrrole nitrogens is 1. The van der Waals surface area contributed by atoms with E-state index < -0.39 is 29.6 Å². The Morgan fingerprint density at radius 2 is 1.96 bits per heavy atom. The fourth-order valence-electron chi connectivity index (χ4n) is 2.90. The van der Waals surface area contributed by atoms with Crippen LogP contribution in [0.25, 0.3) is 0 Å². The molecule has 2 heterocycles. The van der Waals surface area contributed by atoms with Crippen LogP contribution >= 0.6 is 0 Å². The van der Waals surface area contributed by atoms with Crippen molar-refractivity contribution in [3.8, 4) is 0 Å². The number of rotatable bonds is 2. The van der Waals surface area contributed by atoms with E-state index in [0.717, 1.165) is 19.1 Å². The van der Waals surface area contributed by atoms with Crippen LogP contribution in [-0.2, 0) is 11.0 Å². The third kappa shape index (κ3) is 5.68. The highest BCUT2D eigenvalue weighted by molar-refractivity contribution is 5.62. The lowest BCUT2D eigenvalue weighted by molar-refractivity contribution is -0.138. The first-order chi connectivity index (χ1) is 12.6. The standard InChI is InChI=1S/C15H14F4N2O2.C2H4O2/c16-11-6-9(15(17,18)19)1-2-10(11)12-5-8(3-4-20-12)13-7-14(22)21-23-13;1-2(3)4/h1-2,6-8,12,20H,3-5H2,(H,21,22);1H3,(H,3,4)/t8-,12-;/m1./s1. The van der Waals surface area contributed by atoms with Crippen molar-refractivity contribution in [3.05, 3.63) is 57.3 Å². The molecule has 3 N–H and O–H groups in total. The van der Waals surface area contributed by atoms with Gasteiger partial charge in [-0.05, 0) is 31.5 Å². The Morgan fingerprint density at radius 3 is 2.48 bits per heavy atom. The van der Waals surface area contributed by atoms with Crippen LogP contribution in [0.5, 0.6) is 0 Å². The summed E-state index contributed by atoms with van der Waals surface area (Å²) in [4.78, 5) is 20.1. The van der Waals surface area contributed by atoms with E-state index in [1.54, 1.807) is 0 Å². The van der Waals surface area contributed by atoms with Crippen molar-refractivity contribution in [1.29, 1.82) is 0 Å². The van der Waals surface area contributed by atoms with Crippen LogP contribution in [0.2, 0.25) is 0 Å². The predicted molar refractivity (Wildman–Crippen MR) is 86.8 cm³/mol. The zero-order valence-electron chi connectivity index (χ0n) is 14.3. The fraction of sp³-hybridized carbons (Fsp3) is 0.412. The summed E-state index contributed by atoms with van der Waals surface area (Å²) < 4.78 is 57.0. The van der Waals surface area contributed by atoms with Gasteiger partial charge in [0.25, 0.3) is 11.5 Å². The van der Waals surface area contributed by atoms with Gasteiger partial charge >= 0.3 is 6.18 Å². The van der Waals surface area contributed by atoms with E-state index in [-0.39, 0.29) is 17.0 Å². The molecule has 1 aromatic heterocycles. The maximum atomic E-state index is 14.1. The molecule has 27 heavy (non-hydrogen) atoms. The number of piperidine rings is 1. The van der Waals surface area contributed by atoms with E-state index in [2.05, 4.69) is 10.5 Å². The molecule has 10 heteroatoms. The van der Waals surface area contributed by atoms with Crippen molar-refractivity contribution >= 4 is 5.97 Å². The topological polar surface area (TPSA) is 95.3 Å². The van der Waals surface area contributed by atoms with Crippen LogP contribution in [0.3, 0.4) is 0 Å². The van der Waals surface area contributed by atoms with E-state index in [1.165, 1.54) is 6.07 Å². The molecule has 0 unspecified atom stereocenters. The minimum atomic E-state index is -4.57. The summed E-state index contributed by atoms with van der Waals surface area (Å²) in [5.41, 5.74) is -1.18. The number of halogens is 4. The van der Waals surface area contributed by atoms with Gasteiger partial charge in [0, 0.05) is 30.5 Å². The molecular weight excluding hydrogens is 372 g/mol. The fourth-order valence-corrected chi connectivity index (χ4v) is 2.90. The van der Waals surface area contributed by atoms with E-state index >= 15 is 0 Å². The normalized spacial score (nSPS) is 19.9. The number of nitrogens with one attached hydrogen (secondary N) is 2. The van der Waals surface area contributed by atoms with Gasteiger partial charge in [0.05, 0.1) is 5.56 Å². The van der Waals surface area contributed by atoms with Gasteiger partial charge in [0.2, 0.25) is 0 Å². The van der Waals surface area contributed by atoms with Gasteiger partial charge in [-0.25, -0.2) is 4.39 Å². The highest BCUT2D eigenvalue weighted by Gasteiger charge is 2.33. The highest BCUT2D eigenvalue weighted by atomic mass is 19.4.